The van der Waals surface area contributed by atoms with E-state index < -0.39 is 6.10 Å². The molecule has 1 heterocycles. The molecule has 1 nitrogen and oxygen atoms in total. The number of aliphatic hydroxyl groups excluding tert-OH is 1. The zero-order chi connectivity index (χ0) is 14.3. The highest BCUT2D eigenvalue weighted by Crippen LogP contribution is 2.39. The minimum Gasteiger partial charge on any atom is -0.383 e. The summed E-state index contributed by atoms with van der Waals surface area (Å²) in [5.74, 6) is 0. The van der Waals surface area contributed by atoms with Crippen LogP contribution in [-0.4, -0.2) is 5.11 Å². The molecule has 2 aromatic rings. The second-order valence-corrected chi connectivity index (χ2v) is 8.10. The van der Waals surface area contributed by atoms with Crippen molar-refractivity contribution in [2.24, 2.45) is 0 Å². The summed E-state index contributed by atoms with van der Waals surface area (Å²) >= 11 is 8.52. The van der Waals surface area contributed by atoms with Gasteiger partial charge in [-0.05, 0) is 93.4 Å². The first-order chi connectivity index (χ1) is 8.82. The molecule has 0 aliphatic heterocycles. The molecule has 0 saturated heterocycles. The van der Waals surface area contributed by atoms with Crippen molar-refractivity contribution in [2.75, 3.05) is 0 Å². The Morgan fingerprint density at radius 3 is 1.95 bits per heavy atom. The summed E-state index contributed by atoms with van der Waals surface area (Å²) in [5, 5.41) is 10.7. The molecule has 1 unspecified atom stereocenters. The van der Waals surface area contributed by atoms with Gasteiger partial charge in [-0.2, -0.15) is 0 Å². The molecule has 0 aliphatic carbocycles. The van der Waals surface area contributed by atoms with E-state index in [1.165, 1.54) is 22.3 Å². The number of aliphatic hydroxyl groups is 1. The molecule has 0 fully saturated rings. The first kappa shape index (κ1) is 15.2. The molecule has 2 rings (SSSR count). The lowest BCUT2D eigenvalue weighted by molar-refractivity contribution is 0.222. The molecular formula is C15H16Br2OS. The summed E-state index contributed by atoms with van der Waals surface area (Å²) in [5.41, 5.74) is 5.85. The Morgan fingerprint density at radius 2 is 1.53 bits per heavy atom. The molecule has 1 aromatic carbocycles. The third-order valence-corrected chi connectivity index (χ3v) is 6.94. The summed E-state index contributed by atoms with van der Waals surface area (Å²) in [6.45, 7) is 8.35. The summed E-state index contributed by atoms with van der Waals surface area (Å²) < 4.78 is 2.01. The second kappa shape index (κ2) is 5.68. The van der Waals surface area contributed by atoms with Crippen LogP contribution < -0.4 is 0 Å². The lowest BCUT2D eigenvalue weighted by Gasteiger charge is -2.19. The standard InChI is InChI=1S/C15H16Br2OS/c1-7-5-8(2)10(4)13(9(7)3)14(18)12-6-11(16)15(17)19-12/h5-6,14,18H,1-4H3. The van der Waals surface area contributed by atoms with Crippen LogP contribution in [0.2, 0.25) is 0 Å². The lowest BCUT2D eigenvalue weighted by atomic mass is 9.90. The van der Waals surface area contributed by atoms with Gasteiger partial charge in [0, 0.05) is 9.35 Å². The topological polar surface area (TPSA) is 20.2 Å². The molecule has 1 aromatic heterocycles. The molecular weight excluding hydrogens is 388 g/mol. The fraction of sp³-hybridized carbons (Fsp3) is 0.333. The Hall–Kier alpha value is -0.160. The van der Waals surface area contributed by atoms with Crippen molar-refractivity contribution in [3.8, 4) is 0 Å². The highest BCUT2D eigenvalue weighted by Gasteiger charge is 2.20. The van der Waals surface area contributed by atoms with Crippen molar-refractivity contribution >= 4 is 43.2 Å². The van der Waals surface area contributed by atoms with E-state index in [0.717, 1.165) is 18.7 Å². The van der Waals surface area contributed by atoms with Crippen molar-refractivity contribution in [3.63, 3.8) is 0 Å². The van der Waals surface area contributed by atoms with E-state index in [4.69, 9.17) is 0 Å². The van der Waals surface area contributed by atoms with E-state index >= 15 is 0 Å². The van der Waals surface area contributed by atoms with Crippen molar-refractivity contribution < 1.29 is 5.11 Å². The average molecular weight is 404 g/mol. The molecule has 0 spiro atoms. The largest absolute Gasteiger partial charge is 0.383 e. The second-order valence-electron chi connectivity index (χ2n) is 4.85. The number of rotatable bonds is 2. The van der Waals surface area contributed by atoms with Gasteiger partial charge in [0.2, 0.25) is 0 Å². The van der Waals surface area contributed by atoms with Gasteiger partial charge in [-0.25, -0.2) is 0 Å². The zero-order valence-electron chi connectivity index (χ0n) is 11.3. The van der Waals surface area contributed by atoms with E-state index in [2.05, 4.69) is 65.6 Å². The van der Waals surface area contributed by atoms with Gasteiger partial charge in [-0.15, -0.1) is 11.3 Å². The number of hydrogen-bond acceptors (Lipinski definition) is 2. The van der Waals surface area contributed by atoms with E-state index in [0.29, 0.717) is 0 Å². The highest BCUT2D eigenvalue weighted by molar-refractivity contribution is 9.13. The molecule has 0 saturated carbocycles. The van der Waals surface area contributed by atoms with Gasteiger partial charge in [0.05, 0.1) is 3.79 Å². The molecule has 0 bridgehead atoms. The molecule has 0 radical (unpaired) electrons. The van der Waals surface area contributed by atoms with Gasteiger partial charge in [-0.3, -0.25) is 0 Å². The van der Waals surface area contributed by atoms with Crippen LogP contribution in [0.4, 0.5) is 0 Å². The van der Waals surface area contributed by atoms with Crippen LogP contribution in [0.5, 0.6) is 0 Å². The van der Waals surface area contributed by atoms with Crippen molar-refractivity contribution in [3.05, 3.63) is 53.1 Å². The van der Waals surface area contributed by atoms with Gasteiger partial charge < -0.3 is 5.11 Å². The van der Waals surface area contributed by atoms with Crippen LogP contribution in [0, 0.1) is 27.7 Å². The number of benzene rings is 1. The molecule has 0 aliphatic rings. The Morgan fingerprint density at radius 1 is 1.00 bits per heavy atom. The number of halogens is 2. The van der Waals surface area contributed by atoms with Crippen molar-refractivity contribution in [1.82, 2.24) is 0 Å². The first-order valence-corrected chi connectivity index (χ1v) is 8.43. The summed E-state index contributed by atoms with van der Waals surface area (Å²) in [6.07, 6.45) is -0.564. The average Bonchev–Trinajstić information content (AvgIpc) is 2.67. The van der Waals surface area contributed by atoms with Crippen LogP contribution in [0.15, 0.2) is 20.4 Å². The molecule has 1 atom stereocenters. The van der Waals surface area contributed by atoms with Crippen LogP contribution >= 0.6 is 43.2 Å². The number of hydrogen-bond donors (Lipinski definition) is 1. The van der Waals surface area contributed by atoms with Gasteiger partial charge in [0.1, 0.15) is 6.10 Å². The van der Waals surface area contributed by atoms with Crippen molar-refractivity contribution in [1.29, 1.82) is 0 Å². The number of aryl methyl sites for hydroxylation is 2. The van der Waals surface area contributed by atoms with Gasteiger partial charge in [-0.1, -0.05) is 6.07 Å². The Labute approximate surface area is 134 Å². The number of thiophene rings is 1. The summed E-state index contributed by atoms with van der Waals surface area (Å²) in [6, 6.07) is 4.16. The van der Waals surface area contributed by atoms with Crippen molar-refractivity contribution in [2.45, 2.75) is 33.8 Å². The fourth-order valence-electron chi connectivity index (χ4n) is 2.30. The van der Waals surface area contributed by atoms with Crippen LogP contribution in [-0.2, 0) is 0 Å². The molecule has 1 N–H and O–H groups in total. The molecule has 0 amide bonds. The van der Waals surface area contributed by atoms with Gasteiger partial charge >= 0.3 is 0 Å². The van der Waals surface area contributed by atoms with Crippen LogP contribution in [0.3, 0.4) is 0 Å². The Kier molecular flexibility index (Phi) is 4.56. The quantitative estimate of drug-likeness (QED) is 0.692. The van der Waals surface area contributed by atoms with Crippen LogP contribution in [0.25, 0.3) is 0 Å². The maximum Gasteiger partial charge on any atom is 0.114 e. The van der Waals surface area contributed by atoms with E-state index in [-0.39, 0.29) is 0 Å². The smallest absolute Gasteiger partial charge is 0.114 e. The third-order valence-electron chi connectivity index (χ3n) is 3.63. The van der Waals surface area contributed by atoms with Crippen LogP contribution in [0.1, 0.15) is 38.8 Å². The predicted octanol–water partition coefficient (Wildman–Crippen LogP) is 5.59. The Balaban J connectivity index is 2.58. The van der Waals surface area contributed by atoms with E-state index in [1.54, 1.807) is 11.3 Å². The van der Waals surface area contributed by atoms with E-state index in [1.807, 2.05) is 6.07 Å². The Bertz CT molecular complexity index is 586. The lowest BCUT2D eigenvalue weighted by Crippen LogP contribution is -2.06. The SMILES string of the molecule is Cc1cc(C)c(C)c(C(O)c2cc(Br)c(Br)s2)c1C. The molecule has 102 valence electrons. The maximum atomic E-state index is 10.7. The third kappa shape index (κ3) is 2.82. The van der Waals surface area contributed by atoms with Gasteiger partial charge in [0.15, 0.2) is 0 Å². The van der Waals surface area contributed by atoms with E-state index in [9.17, 15) is 5.11 Å². The maximum absolute atomic E-state index is 10.7. The first-order valence-electron chi connectivity index (χ1n) is 6.03. The molecule has 4 heteroatoms. The predicted molar refractivity (Wildman–Crippen MR) is 89.2 cm³/mol. The summed E-state index contributed by atoms with van der Waals surface area (Å²) in [4.78, 5) is 0.954. The monoisotopic (exact) mass is 402 g/mol. The minimum absolute atomic E-state index is 0.564. The summed E-state index contributed by atoms with van der Waals surface area (Å²) in [7, 11) is 0. The van der Waals surface area contributed by atoms with Gasteiger partial charge in [0.25, 0.3) is 0 Å². The molecule has 19 heavy (non-hydrogen) atoms. The minimum atomic E-state index is -0.564. The normalized spacial score (nSPS) is 12.8. The highest BCUT2D eigenvalue weighted by atomic mass is 79.9. The fourth-order valence-corrected chi connectivity index (χ4v) is 4.38. The zero-order valence-corrected chi connectivity index (χ0v) is 15.3.